The molecule has 1 aliphatic carbocycles. The van der Waals surface area contributed by atoms with Gasteiger partial charge in [-0.25, -0.2) is 9.59 Å². The van der Waals surface area contributed by atoms with Crippen LogP contribution >= 0.6 is 0 Å². The van der Waals surface area contributed by atoms with Gasteiger partial charge in [-0.3, -0.25) is 0 Å². The monoisotopic (exact) mass is 278 g/mol. The lowest BCUT2D eigenvalue weighted by Gasteiger charge is -2.34. The van der Waals surface area contributed by atoms with E-state index in [1.54, 1.807) is 6.92 Å². The molecule has 2 rings (SSSR count). The van der Waals surface area contributed by atoms with Crippen LogP contribution in [-0.2, 0) is 9.53 Å². The number of carbonyl (C=O) groups excluding carboxylic acids is 2. The molecule has 0 radical (unpaired) electrons. The molecule has 5 nitrogen and oxygen atoms in total. The first-order valence-electron chi connectivity index (χ1n) is 7.13. The zero-order valence-corrected chi connectivity index (χ0v) is 12.2. The van der Waals surface area contributed by atoms with Crippen molar-refractivity contribution in [1.82, 2.24) is 10.6 Å². The van der Waals surface area contributed by atoms with Crippen LogP contribution in [0.5, 0.6) is 0 Å². The molecule has 0 spiro atoms. The van der Waals surface area contributed by atoms with E-state index >= 15 is 0 Å². The molecule has 110 valence electrons. The summed E-state index contributed by atoms with van der Waals surface area (Å²) in [5.74, 6) is -0.0970. The van der Waals surface area contributed by atoms with Crippen LogP contribution in [0.4, 0.5) is 4.79 Å². The van der Waals surface area contributed by atoms with Gasteiger partial charge >= 0.3 is 12.0 Å². The molecule has 0 saturated heterocycles. The number of esters is 1. The summed E-state index contributed by atoms with van der Waals surface area (Å²) in [6.45, 7) is 5.39. The van der Waals surface area contributed by atoms with Gasteiger partial charge in [0.2, 0.25) is 0 Å². The lowest BCUT2D eigenvalue weighted by Crippen LogP contribution is -2.53. The lowest BCUT2D eigenvalue weighted by atomic mass is 9.82. The lowest BCUT2D eigenvalue weighted by molar-refractivity contribution is -0.143. The fourth-order valence-electron chi connectivity index (χ4n) is 2.75. The van der Waals surface area contributed by atoms with Gasteiger partial charge in [-0.05, 0) is 46.0 Å². The number of amides is 2. The Morgan fingerprint density at radius 2 is 2.15 bits per heavy atom. The summed E-state index contributed by atoms with van der Waals surface area (Å²) in [5, 5.41) is 5.54. The molecular weight excluding hydrogens is 256 g/mol. The summed E-state index contributed by atoms with van der Waals surface area (Å²) < 4.78 is 5.31. The predicted molar refractivity (Wildman–Crippen MR) is 75.9 cm³/mol. The molecule has 0 saturated carbocycles. The molecule has 0 fully saturated rings. The van der Waals surface area contributed by atoms with Crippen LogP contribution in [0.15, 0.2) is 23.4 Å². The van der Waals surface area contributed by atoms with E-state index in [-0.39, 0.29) is 30.1 Å². The van der Waals surface area contributed by atoms with E-state index in [1.807, 2.05) is 13.8 Å². The Hall–Kier alpha value is -1.78. The van der Waals surface area contributed by atoms with Crippen LogP contribution in [0, 0.1) is 5.92 Å². The molecule has 2 N–H and O–H groups in total. The zero-order valence-electron chi connectivity index (χ0n) is 12.2. The van der Waals surface area contributed by atoms with Crippen molar-refractivity contribution in [2.24, 2.45) is 5.92 Å². The summed E-state index contributed by atoms with van der Waals surface area (Å²) in [7, 11) is 0. The van der Waals surface area contributed by atoms with Gasteiger partial charge in [0.1, 0.15) is 0 Å². The molecule has 1 heterocycles. The third-order valence-electron chi connectivity index (χ3n) is 3.65. The average Bonchev–Trinajstić information content (AvgIpc) is 2.37. The second-order valence-electron chi connectivity index (χ2n) is 5.61. The van der Waals surface area contributed by atoms with E-state index in [2.05, 4.69) is 22.8 Å². The van der Waals surface area contributed by atoms with Crippen molar-refractivity contribution in [3.63, 3.8) is 0 Å². The van der Waals surface area contributed by atoms with E-state index < -0.39 is 0 Å². The predicted octanol–water partition coefficient (Wildman–Crippen LogP) is 2.25. The Bertz CT molecular complexity index is 466. The third kappa shape index (κ3) is 3.21. The quantitative estimate of drug-likeness (QED) is 0.614. The Labute approximate surface area is 119 Å². The highest BCUT2D eigenvalue weighted by Gasteiger charge is 2.36. The van der Waals surface area contributed by atoms with E-state index in [4.69, 9.17) is 4.74 Å². The van der Waals surface area contributed by atoms with Gasteiger partial charge in [0.25, 0.3) is 0 Å². The number of urea groups is 1. The highest BCUT2D eigenvalue weighted by Crippen LogP contribution is 2.29. The highest BCUT2D eigenvalue weighted by molar-refractivity contribution is 5.94. The maximum Gasteiger partial charge on any atom is 0.338 e. The topological polar surface area (TPSA) is 67.4 Å². The Kier molecular flexibility index (Phi) is 4.47. The molecule has 0 aromatic carbocycles. The molecule has 2 amide bonds. The van der Waals surface area contributed by atoms with Gasteiger partial charge < -0.3 is 15.4 Å². The normalized spacial score (nSPS) is 26.3. The number of carbonyl (C=O) groups is 2. The van der Waals surface area contributed by atoms with Crippen molar-refractivity contribution in [1.29, 1.82) is 0 Å². The van der Waals surface area contributed by atoms with Gasteiger partial charge in [0.15, 0.2) is 0 Å². The number of ether oxygens (including phenoxy) is 1. The molecule has 0 unspecified atom stereocenters. The second kappa shape index (κ2) is 6.11. The van der Waals surface area contributed by atoms with Crippen LogP contribution in [0.3, 0.4) is 0 Å². The molecule has 20 heavy (non-hydrogen) atoms. The minimum absolute atomic E-state index is 0.174. The fourth-order valence-corrected chi connectivity index (χ4v) is 2.75. The molecule has 1 aliphatic heterocycles. The largest absolute Gasteiger partial charge is 0.460 e. The second-order valence-corrected chi connectivity index (χ2v) is 5.61. The summed E-state index contributed by atoms with van der Waals surface area (Å²) in [6.07, 6.45) is 6.90. The summed E-state index contributed by atoms with van der Waals surface area (Å²) in [6, 6.07) is -0.511. The summed E-state index contributed by atoms with van der Waals surface area (Å²) in [4.78, 5) is 24.0. The van der Waals surface area contributed by atoms with Crippen LogP contribution in [-0.4, -0.2) is 24.1 Å². The minimum Gasteiger partial charge on any atom is -0.460 e. The Morgan fingerprint density at radius 3 is 2.75 bits per heavy atom. The first-order valence-corrected chi connectivity index (χ1v) is 7.13. The molecule has 0 bridgehead atoms. The van der Waals surface area contributed by atoms with Crippen molar-refractivity contribution < 1.29 is 14.3 Å². The number of hydrogen-bond donors (Lipinski definition) is 2. The molecule has 0 aromatic heterocycles. The number of allylic oxidation sites excluding steroid dienone is 3. The molecule has 5 heteroatoms. The molecule has 2 atom stereocenters. The van der Waals surface area contributed by atoms with Gasteiger partial charge in [0.05, 0.1) is 17.7 Å². The van der Waals surface area contributed by atoms with Crippen molar-refractivity contribution in [3.8, 4) is 0 Å². The van der Waals surface area contributed by atoms with Gasteiger partial charge in [0, 0.05) is 5.70 Å². The van der Waals surface area contributed by atoms with E-state index in [1.165, 1.54) is 0 Å². The molecular formula is C15H22N2O3. The Morgan fingerprint density at radius 1 is 1.40 bits per heavy atom. The highest BCUT2D eigenvalue weighted by atomic mass is 16.5. The maximum atomic E-state index is 12.3. The van der Waals surface area contributed by atoms with Crippen LogP contribution in [0.2, 0.25) is 0 Å². The number of rotatable bonds is 3. The van der Waals surface area contributed by atoms with E-state index in [9.17, 15) is 9.59 Å². The van der Waals surface area contributed by atoms with Crippen LogP contribution in [0.25, 0.3) is 0 Å². The average molecular weight is 278 g/mol. The smallest absolute Gasteiger partial charge is 0.338 e. The minimum atomic E-state index is -0.343. The molecule has 2 aliphatic rings. The SMILES string of the molecule is CC1=C(C(=O)OC(C)C)[C@@H]([C@@H]2CC=CCC2)NC(=O)N1. The fraction of sp³-hybridized carbons (Fsp3) is 0.600. The van der Waals surface area contributed by atoms with Gasteiger partial charge in [-0.2, -0.15) is 0 Å². The van der Waals surface area contributed by atoms with E-state index in [0.29, 0.717) is 11.3 Å². The summed E-state index contributed by atoms with van der Waals surface area (Å²) >= 11 is 0. The first kappa shape index (κ1) is 14.6. The zero-order chi connectivity index (χ0) is 14.7. The summed E-state index contributed by atoms with van der Waals surface area (Å²) in [5.41, 5.74) is 1.15. The van der Waals surface area contributed by atoms with E-state index in [0.717, 1.165) is 19.3 Å². The first-order chi connectivity index (χ1) is 9.49. The van der Waals surface area contributed by atoms with Crippen LogP contribution < -0.4 is 10.6 Å². The van der Waals surface area contributed by atoms with Crippen molar-refractivity contribution >= 4 is 12.0 Å². The van der Waals surface area contributed by atoms with Crippen LogP contribution in [0.1, 0.15) is 40.0 Å². The third-order valence-corrected chi connectivity index (χ3v) is 3.65. The van der Waals surface area contributed by atoms with Crippen molar-refractivity contribution in [3.05, 3.63) is 23.4 Å². The van der Waals surface area contributed by atoms with Crippen molar-refractivity contribution in [2.75, 3.05) is 0 Å². The number of nitrogens with one attached hydrogen (secondary N) is 2. The van der Waals surface area contributed by atoms with Gasteiger partial charge in [-0.1, -0.05) is 12.2 Å². The number of hydrogen-bond acceptors (Lipinski definition) is 3. The Balaban J connectivity index is 2.26. The standard InChI is InChI=1S/C15H22N2O3/c1-9(2)20-14(18)12-10(3)16-15(19)17-13(12)11-7-5-4-6-8-11/h4-5,9,11,13H,6-8H2,1-3H3,(H2,16,17,19)/t11-,13-/m1/s1. The van der Waals surface area contributed by atoms with Gasteiger partial charge in [-0.15, -0.1) is 0 Å². The van der Waals surface area contributed by atoms with Crippen molar-refractivity contribution in [2.45, 2.75) is 52.2 Å². The maximum absolute atomic E-state index is 12.3. The molecule has 0 aromatic rings.